The second-order valence-electron chi connectivity index (χ2n) is 4.13. The summed E-state index contributed by atoms with van der Waals surface area (Å²) in [6.45, 7) is 0. The van der Waals surface area contributed by atoms with Crippen molar-refractivity contribution in [3.05, 3.63) is 47.7 Å². The van der Waals surface area contributed by atoms with E-state index in [4.69, 9.17) is 10.0 Å². The lowest BCUT2D eigenvalue weighted by molar-refractivity contribution is -0.137. The average molecular weight is 303 g/mol. The van der Waals surface area contributed by atoms with Gasteiger partial charge in [-0.25, -0.2) is 8.78 Å². The maximum atomic E-state index is 13.7. The second-order valence-corrected chi connectivity index (χ2v) is 4.13. The highest BCUT2D eigenvalue weighted by molar-refractivity contribution is 6.60. The first-order valence-corrected chi connectivity index (χ1v) is 5.59. The number of benzene rings is 1. The number of hydrogen-bond donors (Lipinski definition) is 2. The molecule has 0 saturated carbocycles. The van der Waals surface area contributed by atoms with E-state index >= 15 is 0 Å². The standard InChI is InChI=1S/C12H7BF5NO2/c14-9-3-1-2-7(10(9)15)11-8(13(20)21)4-6(5-19-11)12(16,17)18/h1-5,20-21H. The van der Waals surface area contributed by atoms with E-state index in [-0.39, 0.29) is 0 Å². The minimum absolute atomic E-state index is 0.408. The van der Waals surface area contributed by atoms with Crippen molar-refractivity contribution < 1.29 is 32.0 Å². The van der Waals surface area contributed by atoms with E-state index in [2.05, 4.69) is 4.98 Å². The zero-order valence-corrected chi connectivity index (χ0v) is 10.2. The predicted octanol–water partition coefficient (Wildman–Crippen LogP) is 1.73. The zero-order chi connectivity index (χ0) is 15.8. The fraction of sp³-hybridized carbons (Fsp3) is 0.0833. The van der Waals surface area contributed by atoms with Gasteiger partial charge in [-0.2, -0.15) is 13.2 Å². The lowest BCUT2D eigenvalue weighted by Crippen LogP contribution is -2.33. The van der Waals surface area contributed by atoms with Gasteiger partial charge in [0.25, 0.3) is 0 Å². The molecular weight excluding hydrogens is 296 g/mol. The topological polar surface area (TPSA) is 53.4 Å². The van der Waals surface area contributed by atoms with Crippen LogP contribution < -0.4 is 5.46 Å². The van der Waals surface area contributed by atoms with E-state index in [1.54, 1.807) is 0 Å². The van der Waals surface area contributed by atoms with E-state index in [1.165, 1.54) is 0 Å². The van der Waals surface area contributed by atoms with Crippen molar-refractivity contribution in [2.75, 3.05) is 0 Å². The Labute approximate surface area is 115 Å². The predicted molar refractivity (Wildman–Crippen MR) is 64.4 cm³/mol. The first-order valence-electron chi connectivity index (χ1n) is 5.59. The number of pyridine rings is 1. The highest BCUT2D eigenvalue weighted by atomic mass is 19.4. The van der Waals surface area contributed by atoms with Crippen molar-refractivity contribution in [3.8, 4) is 11.3 Å². The minimum Gasteiger partial charge on any atom is -0.423 e. The molecule has 3 nitrogen and oxygen atoms in total. The number of nitrogens with zero attached hydrogens (tertiary/aromatic N) is 1. The average Bonchev–Trinajstić information content (AvgIpc) is 2.40. The highest BCUT2D eigenvalue weighted by Crippen LogP contribution is 2.30. The monoisotopic (exact) mass is 303 g/mol. The van der Waals surface area contributed by atoms with Crippen LogP contribution in [0.25, 0.3) is 11.3 Å². The Hall–Kier alpha value is -2.00. The summed E-state index contributed by atoms with van der Waals surface area (Å²) in [5.41, 5.74) is -2.85. The van der Waals surface area contributed by atoms with Crippen LogP contribution in [0, 0.1) is 11.6 Å². The molecule has 0 atom stereocenters. The van der Waals surface area contributed by atoms with E-state index < -0.39 is 47.2 Å². The Kier molecular flexibility index (Phi) is 3.97. The molecule has 0 aliphatic rings. The SMILES string of the molecule is OB(O)c1cc(C(F)(F)F)cnc1-c1cccc(F)c1F. The maximum absolute atomic E-state index is 13.7. The number of hydrogen-bond acceptors (Lipinski definition) is 3. The third kappa shape index (κ3) is 3.03. The van der Waals surface area contributed by atoms with Gasteiger partial charge < -0.3 is 10.0 Å². The number of rotatable bonds is 2. The van der Waals surface area contributed by atoms with Crippen molar-refractivity contribution in [1.29, 1.82) is 0 Å². The first kappa shape index (κ1) is 15.4. The lowest BCUT2D eigenvalue weighted by atomic mass is 9.77. The molecule has 0 amide bonds. The van der Waals surface area contributed by atoms with Crippen molar-refractivity contribution >= 4 is 12.6 Å². The minimum atomic E-state index is -4.75. The molecule has 1 aromatic carbocycles. The largest absolute Gasteiger partial charge is 0.490 e. The highest BCUT2D eigenvalue weighted by Gasteiger charge is 2.33. The van der Waals surface area contributed by atoms with Crippen LogP contribution in [0.5, 0.6) is 0 Å². The third-order valence-corrected chi connectivity index (χ3v) is 2.73. The molecular formula is C12H7BF5NO2. The molecule has 1 heterocycles. The van der Waals surface area contributed by atoms with Gasteiger partial charge in [-0.3, -0.25) is 4.98 Å². The summed E-state index contributed by atoms with van der Waals surface area (Å²) in [6.07, 6.45) is -4.35. The van der Waals surface area contributed by atoms with Crippen molar-refractivity contribution in [3.63, 3.8) is 0 Å². The van der Waals surface area contributed by atoms with Crippen LogP contribution in [0.2, 0.25) is 0 Å². The van der Waals surface area contributed by atoms with Gasteiger partial charge in [-0.15, -0.1) is 0 Å². The van der Waals surface area contributed by atoms with E-state index in [9.17, 15) is 22.0 Å². The van der Waals surface area contributed by atoms with E-state index in [0.717, 1.165) is 18.2 Å². The summed E-state index contributed by atoms with van der Waals surface area (Å²) in [6, 6.07) is 3.44. The molecule has 1 aromatic heterocycles. The van der Waals surface area contributed by atoms with Gasteiger partial charge >= 0.3 is 13.3 Å². The molecule has 0 fully saturated rings. The van der Waals surface area contributed by atoms with Gasteiger partial charge in [0, 0.05) is 17.2 Å². The zero-order valence-electron chi connectivity index (χ0n) is 10.2. The van der Waals surface area contributed by atoms with Crippen molar-refractivity contribution in [2.45, 2.75) is 6.18 Å². The number of alkyl halides is 3. The molecule has 21 heavy (non-hydrogen) atoms. The van der Waals surface area contributed by atoms with Gasteiger partial charge in [-0.1, -0.05) is 6.07 Å². The van der Waals surface area contributed by atoms with Crippen molar-refractivity contribution in [1.82, 2.24) is 4.98 Å². The normalized spacial score (nSPS) is 11.6. The number of aromatic nitrogens is 1. The Morgan fingerprint density at radius 3 is 2.33 bits per heavy atom. The van der Waals surface area contributed by atoms with Crippen molar-refractivity contribution in [2.24, 2.45) is 0 Å². The summed E-state index contributed by atoms with van der Waals surface area (Å²) in [4.78, 5) is 3.39. The fourth-order valence-electron chi connectivity index (χ4n) is 1.75. The molecule has 0 aliphatic carbocycles. The Morgan fingerprint density at radius 2 is 1.76 bits per heavy atom. The van der Waals surface area contributed by atoms with Crippen LogP contribution in [-0.4, -0.2) is 22.2 Å². The molecule has 110 valence electrons. The summed E-state index contributed by atoms with van der Waals surface area (Å²) in [5.74, 6) is -2.57. The quantitative estimate of drug-likeness (QED) is 0.656. The smallest absolute Gasteiger partial charge is 0.423 e. The van der Waals surface area contributed by atoms with Crippen LogP contribution >= 0.6 is 0 Å². The number of halogens is 5. The molecule has 0 spiro atoms. The lowest BCUT2D eigenvalue weighted by Gasteiger charge is -2.13. The van der Waals surface area contributed by atoms with Crippen LogP contribution in [0.15, 0.2) is 30.5 Å². The Bertz CT molecular complexity index is 675. The summed E-state index contributed by atoms with van der Waals surface area (Å²) in [5, 5.41) is 18.3. The molecule has 2 N–H and O–H groups in total. The second kappa shape index (κ2) is 5.42. The third-order valence-electron chi connectivity index (χ3n) is 2.73. The Balaban J connectivity index is 2.67. The van der Waals surface area contributed by atoms with E-state index in [0.29, 0.717) is 12.3 Å². The van der Waals surface area contributed by atoms with Gasteiger partial charge in [0.05, 0.1) is 11.3 Å². The molecule has 2 aromatic rings. The molecule has 9 heteroatoms. The summed E-state index contributed by atoms with van der Waals surface area (Å²) in [7, 11) is -2.32. The molecule has 0 unspecified atom stereocenters. The first-order chi connectivity index (χ1) is 9.71. The fourth-order valence-corrected chi connectivity index (χ4v) is 1.75. The molecule has 0 saturated heterocycles. The van der Waals surface area contributed by atoms with Crippen LogP contribution in [0.1, 0.15) is 5.56 Å². The van der Waals surface area contributed by atoms with Crippen LogP contribution in [-0.2, 0) is 6.18 Å². The maximum Gasteiger partial charge on any atom is 0.490 e. The van der Waals surface area contributed by atoms with Gasteiger partial charge in [-0.05, 0) is 18.2 Å². The summed E-state index contributed by atoms with van der Waals surface area (Å²) < 4.78 is 64.5. The van der Waals surface area contributed by atoms with Gasteiger partial charge in [0.15, 0.2) is 11.6 Å². The van der Waals surface area contributed by atoms with Gasteiger partial charge in [0.1, 0.15) is 0 Å². The summed E-state index contributed by atoms with van der Waals surface area (Å²) >= 11 is 0. The molecule has 0 aliphatic heterocycles. The van der Waals surface area contributed by atoms with E-state index in [1.807, 2.05) is 0 Å². The molecule has 0 bridgehead atoms. The molecule has 2 rings (SSSR count). The Morgan fingerprint density at radius 1 is 1.10 bits per heavy atom. The molecule has 0 radical (unpaired) electrons. The van der Waals surface area contributed by atoms with Crippen LogP contribution in [0.3, 0.4) is 0 Å². The van der Waals surface area contributed by atoms with Crippen LogP contribution in [0.4, 0.5) is 22.0 Å². The van der Waals surface area contributed by atoms with Gasteiger partial charge in [0.2, 0.25) is 0 Å².